The first-order valence-electron chi connectivity index (χ1n) is 3.77. The highest BCUT2D eigenvalue weighted by atomic mass is 16.4. The minimum Gasteiger partial charge on any atom is -0.549 e. The summed E-state index contributed by atoms with van der Waals surface area (Å²) >= 11 is 0. The van der Waals surface area contributed by atoms with E-state index in [4.69, 9.17) is 5.11 Å². The van der Waals surface area contributed by atoms with Gasteiger partial charge in [0.05, 0.1) is 24.4 Å². The number of aliphatic hydroxyl groups is 1. The molecule has 0 amide bonds. The van der Waals surface area contributed by atoms with Crippen LogP contribution in [0.25, 0.3) is 0 Å². The van der Waals surface area contributed by atoms with Crippen molar-refractivity contribution in [3.63, 3.8) is 0 Å². The van der Waals surface area contributed by atoms with Gasteiger partial charge in [-0.1, -0.05) is 0 Å². The number of Topliss-reactive ketones (excluding diaryl/α,β-unsaturated/α-hetero) is 2. The van der Waals surface area contributed by atoms with Crippen molar-refractivity contribution in [1.29, 1.82) is 0 Å². The maximum Gasteiger partial charge on any atom is 0.151 e. The fourth-order valence-electron chi connectivity index (χ4n) is 0.953. The Morgan fingerprint density at radius 1 is 1.38 bits per heavy atom. The zero-order valence-corrected chi connectivity index (χ0v) is 7.44. The fourth-order valence-corrected chi connectivity index (χ4v) is 0.953. The van der Waals surface area contributed by atoms with Gasteiger partial charge >= 0.3 is 0 Å². The fraction of sp³-hybridized carbons (Fsp3) is 0.625. The van der Waals surface area contributed by atoms with E-state index < -0.39 is 36.0 Å². The number of carboxylic acid groups (broad SMARTS) is 1. The van der Waals surface area contributed by atoms with Crippen molar-refractivity contribution in [2.24, 2.45) is 5.92 Å². The number of carbonyl (C=O) groups is 3. The molecule has 0 radical (unpaired) electrons. The van der Waals surface area contributed by atoms with Gasteiger partial charge in [0, 0.05) is 0 Å². The van der Waals surface area contributed by atoms with Crippen LogP contribution in [0.3, 0.4) is 0 Å². The van der Waals surface area contributed by atoms with Crippen molar-refractivity contribution in [2.45, 2.75) is 26.4 Å². The summed E-state index contributed by atoms with van der Waals surface area (Å²) in [5, 5.41) is 19.3. The van der Waals surface area contributed by atoms with E-state index in [1.165, 1.54) is 13.8 Å². The summed E-state index contributed by atoms with van der Waals surface area (Å²) in [6.45, 7) is 2.34. The minimum atomic E-state index is -1.65. The first-order chi connectivity index (χ1) is 5.86. The van der Waals surface area contributed by atoms with Crippen molar-refractivity contribution in [3.05, 3.63) is 0 Å². The lowest BCUT2D eigenvalue weighted by atomic mass is 9.95. The molecule has 5 heteroatoms. The maximum absolute atomic E-state index is 11.0. The van der Waals surface area contributed by atoms with E-state index in [0.29, 0.717) is 0 Å². The highest BCUT2D eigenvalue weighted by Gasteiger charge is 2.25. The van der Waals surface area contributed by atoms with Crippen molar-refractivity contribution < 1.29 is 24.6 Å². The number of hydrogen-bond donors (Lipinski definition) is 1. The molecule has 0 aliphatic carbocycles. The molecule has 2 atom stereocenters. The van der Waals surface area contributed by atoms with Gasteiger partial charge in [0.15, 0.2) is 5.78 Å². The second-order valence-electron chi connectivity index (χ2n) is 2.88. The molecule has 0 aromatic rings. The van der Waals surface area contributed by atoms with Crippen LogP contribution in [0, 0.1) is 5.92 Å². The average molecular weight is 187 g/mol. The summed E-state index contributed by atoms with van der Waals surface area (Å²) in [6.07, 6.45) is -1.82. The van der Waals surface area contributed by atoms with Gasteiger partial charge < -0.3 is 15.0 Å². The predicted molar refractivity (Wildman–Crippen MR) is 40.5 cm³/mol. The van der Waals surface area contributed by atoms with Crippen LogP contribution in [-0.4, -0.2) is 28.7 Å². The smallest absolute Gasteiger partial charge is 0.151 e. The molecule has 0 saturated heterocycles. The van der Waals surface area contributed by atoms with Gasteiger partial charge in [0.1, 0.15) is 5.78 Å². The highest BCUT2D eigenvalue weighted by molar-refractivity contribution is 6.06. The number of ketones is 2. The largest absolute Gasteiger partial charge is 0.549 e. The van der Waals surface area contributed by atoms with Crippen molar-refractivity contribution in [2.75, 3.05) is 0 Å². The van der Waals surface area contributed by atoms with Crippen LogP contribution in [0.15, 0.2) is 0 Å². The van der Waals surface area contributed by atoms with Crippen LogP contribution in [0.1, 0.15) is 20.3 Å². The van der Waals surface area contributed by atoms with Gasteiger partial charge in [0.2, 0.25) is 0 Å². The topological polar surface area (TPSA) is 94.5 Å². The van der Waals surface area contributed by atoms with Crippen molar-refractivity contribution in [1.82, 2.24) is 0 Å². The Labute approximate surface area is 75.4 Å². The molecular formula is C8H11O5-. The zero-order chi connectivity index (χ0) is 10.6. The Hall–Kier alpha value is -1.23. The molecule has 13 heavy (non-hydrogen) atoms. The standard InChI is InChI=1S/C8H12O5/c1-4(9)3-6(11)7(5(2)10)8(12)13/h5,7,10H,3H2,1-2H3,(H,12,13)/p-1. The molecule has 0 bridgehead atoms. The summed E-state index contributed by atoms with van der Waals surface area (Å²) in [5.41, 5.74) is 0. The van der Waals surface area contributed by atoms with Crippen LogP contribution in [0.5, 0.6) is 0 Å². The second-order valence-corrected chi connectivity index (χ2v) is 2.88. The Morgan fingerprint density at radius 3 is 2.08 bits per heavy atom. The van der Waals surface area contributed by atoms with E-state index >= 15 is 0 Å². The summed E-state index contributed by atoms with van der Waals surface area (Å²) in [7, 11) is 0. The highest BCUT2D eigenvalue weighted by Crippen LogP contribution is 2.07. The molecule has 74 valence electrons. The molecule has 0 aromatic heterocycles. The van der Waals surface area contributed by atoms with Crippen LogP contribution >= 0.6 is 0 Å². The van der Waals surface area contributed by atoms with E-state index in [9.17, 15) is 19.5 Å². The third-order valence-corrected chi connectivity index (χ3v) is 1.51. The normalized spacial score (nSPS) is 14.7. The van der Waals surface area contributed by atoms with Crippen LogP contribution in [0.4, 0.5) is 0 Å². The summed E-state index contributed by atoms with van der Waals surface area (Å²) < 4.78 is 0. The van der Waals surface area contributed by atoms with Crippen molar-refractivity contribution >= 4 is 17.5 Å². The molecule has 0 fully saturated rings. The Morgan fingerprint density at radius 2 is 1.85 bits per heavy atom. The molecule has 0 saturated carbocycles. The number of rotatable bonds is 5. The maximum atomic E-state index is 11.0. The first kappa shape index (κ1) is 11.8. The van der Waals surface area contributed by atoms with E-state index in [1.54, 1.807) is 0 Å². The quantitative estimate of drug-likeness (QED) is 0.517. The zero-order valence-electron chi connectivity index (χ0n) is 7.44. The summed E-state index contributed by atoms with van der Waals surface area (Å²) in [5.74, 6) is -4.51. The Balaban J connectivity index is 4.47. The molecule has 0 aliphatic heterocycles. The van der Waals surface area contributed by atoms with Crippen LogP contribution in [-0.2, 0) is 14.4 Å². The van der Waals surface area contributed by atoms with Crippen LogP contribution < -0.4 is 5.11 Å². The van der Waals surface area contributed by atoms with E-state index in [2.05, 4.69) is 0 Å². The summed E-state index contributed by atoms with van der Waals surface area (Å²) in [6, 6.07) is 0. The minimum absolute atomic E-state index is 0.433. The Bertz CT molecular complexity index is 231. The molecule has 0 rings (SSSR count). The second kappa shape index (κ2) is 4.71. The summed E-state index contributed by atoms with van der Waals surface area (Å²) in [4.78, 5) is 31.9. The van der Waals surface area contributed by atoms with E-state index in [1.807, 2.05) is 0 Å². The molecular weight excluding hydrogens is 176 g/mol. The third kappa shape index (κ3) is 3.80. The number of carbonyl (C=O) groups excluding carboxylic acids is 3. The van der Waals surface area contributed by atoms with Gasteiger partial charge in [-0.15, -0.1) is 0 Å². The molecule has 1 N–H and O–H groups in total. The number of hydrogen-bond acceptors (Lipinski definition) is 5. The SMILES string of the molecule is CC(=O)CC(=O)C(C(=O)[O-])C(C)O. The van der Waals surface area contributed by atoms with Gasteiger partial charge in [-0.3, -0.25) is 9.59 Å². The molecule has 0 heterocycles. The average Bonchev–Trinajstić information content (AvgIpc) is 1.81. The number of aliphatic hydroxyl groups excluding tert-OH is 1. The monoisotopic (exact) mass is 187 g/mol. The number of aliphatic carboxylic acids is 1. The molecule has 0 spiro atoms. The van der Waals surface area contributed by atoms with Gasteiger partial charge in [-0.2, -0.15) is 0 Å². The molecule has 0 aliphatic rings. The molecule has 0 aromatic carbocycles. The predicted octanol–water partition coefficient (Wildman–Crippen LogP) is -1.72. The molecule has 5 nitrogen and oxygen atoms in total. The number of carboxylic acids is 1. The van der Waals surface area contributed by atoms with Gasteiger partial charge in [-0.25, -0.2) is 0 Å². The lowest BCUT2D eigenvalue weighted by molar-refractivity contribution is -0.312. The third-order valence-electron chi connectivity index (χ3n) is 1.51. The van der Waals surface area contributed by atoms with Gasteiger partial charge in [0.25, 0.3) is 0 Å². The van der Waals surface area contributed by atoms with Crippen LogP contribution in [0.2, 0.25) is 0 Å². The Kier molecular flexibility index (Phi) is 4.27. The van der Waals surface area contributed by atoms with E-state index in [-0.39, 0.29) is 0 Å². The molecule has 2 unspecified atom stereocenters. The first-order valence-corrected chi connectivity index (χ1v) is 3.77. The van der Waals surface area contributed by atoms with E-state index in [0.717, 1.165) is 0 Å². The van der Waals surface area contributed by atoms with Gasteiger partial charge in [-0.05, 0) is 13.8 Å². The van der Waals surface area contributed by atoms with Crippen molar-refractivity contribution in [3.8, 4) is 0 Å². The lowest BCUT2D eigenvalue weighted by Crippen LogP contribution is -2.42. The lowest BCUT2D eigenvalue weighted by Gasteiger charge is -2.18.